The standard InChI is InChI=1S/C14H19N5/c15-13-8-6-11(7-9-13)10-19-14(16-17-18-19)12-4-2-1-3-5-12/h6-9,12H,1-5,10,15H2. The monoisotopic (exact) mass is 257 g/mol. The highest BCUT2D eigenvalue weighted by Crippen LogP contribution is 2.31. The van der Waals surface area contributed by atoms with Crippen LogP contribution in [-0.2, 0) is 6.54 Å². The van der Waals surface area contributed by atoms with Gasteiger partial charge in [0.25, 0.3) is 0 Å². The van der Waals surface area contributed by atoms with E-state index in [-0.39, 0.29) is 0 Å². The van der Waals surface area contributed by atoms with Crippen LogP contribution >= 0.6 is 0 Å². The van der Waals surface area contributed by atoms with E-state index in [2.05, 4.69) is 15.5 Å². The number of hydrogen-bond acceptors (Lipinski definition) is 4. The van der Waals surface area contributed by atoms with Gasteiger partial charge >= 0.3 is 0 Å². The summed E-state index contributed by atoms with van der Waals surface area (Å²) in [6.07, 6.45) is 6.35. The highest BCUT2D eigenvalue weighted by molar-refractivity contribution is 5.39. The van der Waals surface area contributed by atoms with E-state index in [1.165, 1.54) is 37.7 Å². The number of nitrogen functional groups attached to an aromatic ring is 1. The van der Waals surface area contributed by atoms with Gasteiger partial charge < -0.3 is 5.73 Å². The largest absolute Gasteiger partial charge is 0.399 e. The van der Waals surface area contributed by atoms with Gasteiger partial charge in [0.15, 0.2) is 5.82 Å². The molecule has 0 unspecified atom stereocenters. The minimum absolute atomic E-state index is 0.525. The molecule has 19 heavy (non-hydrogen) atoms. The predicted molar refractivity (Wildman–Crippen MR) is 73.6 cm³/mol. The zero-order valence-electron chi connectivity index (χ0n) is 11.0. The van der Waals surface area contributed by atoms with Crippen molar-refractivity contribution in [3.05, 3.63) is 35.7 Å². The zero-order valence-corrected chi connectivity index (χ0v) is 11.0. The van der Waals surface area contributed by atoms with Gasteiger partial charge in [-0.15, -0.1) is 5.10 Å². The fourth-order valence-electron chi connectivity index (χ4n) is 2.77. The van der Waals surface area contributed by atoms with E-state index >= 15 is 0 Å². The van der Waals surface area contributed by atoms with E-state index in [0.717, 1.165) is 18.1 Å². The molecule has 2 aromatic rings. The molecular formula is C14H19N5. The molecule has 0 amide bonds. The molecule has 1 aliphatic carbocycles. The van der Waals surface area contributed by atoms with E-state index in [0.29, 0.717) is 5.92 Å². The first-order chi connectivity index (χ1) is 9.33. The Bertz CT molecular complexity index is 525. The van der Waals surface area contributed by atoms with Crippen LogP contribution in [0.15, 0.2) is 24.3 Å². The first kappa shape index (κ1) is 12.1. The van der Waals surface area contributed by atoms with Crippen LogP contribution in [0, 0.1) is 0 Å². The molecule has 1 aliphatic rings. The van der Waals surface area contributed by atoms with Gasteiger partial charge in [-0.2, -0.15) is 0 Å². The van der Waals surface area contributed by atoms with Gasteiger partial charge in [-0.3, -0.25) is 0 Å². The number of anilines is 1. The lowest BCUT2D eigenvalue weighted by atomic mass is 9.89. The normalized spacial score (nSPS) is 16.6. The summed E-state index contributed by atoms with van der Waals surface area (Å²) in [5.74, 6) is 1.56. The van der Waals surface area contributed by atoms with Crippen molar-refractivity contribution in [3.8, 4) is 0 Å². The summed E-state index contributed by atoms with van der Waals surface area (Å²) in [4.78, 5) is 0. The second-order valence-electron chi connectivity index (χ2n) is 5.27. The van der Waals surface area contributed by atoms with Crippen LogP contribution in [0.5, 0.6) is 0 Å². The molecule has 0 atom stereocenters. The Kier molecular flexibility index (Phi) is 3.44. The van der Waals surface area contributed by atoms with Crippen LogP contribution in [0.3, 0.4) is 0 Å². The maximum atomic E-state index is 5.70. The topological polar surface area (TPSA) is 69.6 Å². The second kappa shape index (κ2) is 5.38. The van der Waals surface area contributed by atoms with Crippen LogP contribution in [0.2, 0.25) is 0 Å². The minimum Gasteiger partial charge on any atom is -0.399 e. The maximum absolute atomic E-state index is 5.70. The van der Waals surface area contributed by atoms with Gasteiger partial charge in [0.1, 0.15) is 0 Å². The molecule has 1 heterocycles. The zero-order chi connectivity index (χ0) is 13.1. The fourth-order valence-corrected chi connectivity index (χ4v) is 2.77. The number of rotatable bonds is 3. The first-order valence-corrected chi connectivity index (χ1v) is 6.93. The molecule has 100 valence electrons. The van der Waals surface area contributed by atoms with Crippen molar-refractivity contribution < 1.29 is 0 Å². The molecule has 5 nitrogen and oxygen atoms in total. The average molecular weight is 257 g/mol. The number of nitrogens with zero attached hydrogens (tertiary/aromatic N) is 4. The molecule has 0 radical (unpaired) electrons. The van der Waals surface area contributed by atoms with E-state index < -0.39 is 0 Å². The summed E-state index contributed by atoms with van der Waals surface area (Å²) in [5.41, 5.74) is 7.66. The molecule has 5 heteroatoms. The Morgan fingerprint density at radius 1 is 1.11 bits per heavy atom. The molecular weight excluding hydrogens is 238 g/mol. The van der Waals surface area contributed by atoms with Crippen molar-refractivity contribution >= 4 is 5.69 Å². The van der Waals surface area contributed by atoms with Crippen LogP contribution in [0.4, 0.5) is 5.69 Å². The summed E-state index contributed by atoms with van der Waals surface area (Å²) in [6.45, 7) is 0.721. The molecule has 1 aromatic carbocycles. The minimum atomic E-state index is 0.525. The van der Waals surface area contributed by atoms with Crippen LogP contribution in [0.1, 0.15) is 49.4 Å². The molecule has 0 spiro atoms. The number of aromatic nitrogens is 4. The summed E-state index contributed by atoms with van der Waals surface area (Å²) in [7, 11) is 0. The van der Waals surface area contributed by atoms with E-state index in [9.17, 15) is 0 Å². The van der Waals surface area contributed by atoms with Crippen LogP contribution in [-0.4, -0.2) is 20.2 Å². The van der Waals surface area contributed by atoms with Gasteiger partial charge in [-0.05, 0) is 41.0 Å². The Hall–Kier alpha value is -1.91. The summed E-state index contributed by atoms with van der Waals surface area (Å²) in [5, 5.41) is 12.2. The van der Waals surface area contributed by atoms with Crippen molar-refractivity contribution in [1.29, 1.82) is 0 Å². The van der Waals surface area contributed by atoms with Gasteiger partial charge in [0.2, 0.25) is 0 Å². The molecule has 0 saturated heterocycles. The summed E-state index contributed by atoms with van der Waals surface area (Å²) >= 11 is 0. The lowest BCUT2D eigenvalue weighted by molar-refractivity contribution is 0.412. The molecule has 2 N–H and O–H groups in total. The smallest absolute Gasteiger partial charge is 0.154 e. The van der Waals surface area contributed by atoms with Crippen LogP contribution < -0.4 is 5.73 Å². The van der Waals surface area contributed by atoms with Crippen molar-refractivity contribution in [1.82, 2.24) is 20.2 Å². The molecule has 1 saturated carbocycles. The first-order valence-electron chi connectivity index (χ1n) is 6.93. The quantitative estimate of drug-likeness (QED) is 0.857. The highest BCUT2D eigenvalue weighted by atomic mass is 15.5. The van der Waals surface area contributed by atoms with Crippen molar-refractivity contribution in [2.75, 3.05) is 5.73 Å². The molecule has 1 fully saturated rings. The molecule has 1 aromatic heterocycles. The highest BCUT2D eigenvalue weighted by Gasteiger charge is 2.21. The molecule has 0 aliphatic heterocycles. The number of benzene rings is 1. The summed E-state index contributed by atoms with van der Waals surface area (Å²) < 4.78 is 1.93. The van der Waals surface area contributed by atoms with Crippen molar-refractivity contribution in [3.63, 3.8) is 0 Å². The maximum Gasteiger partial charge on any atom is 0.154 e. The van der Waals surface area contributed by atoms with E-state index in [1.54, 1.807) is 0 Å². The number of hydrogen-bond donors (Lipinski definition) is 1. The Morgan fingerprint density at radius 3 is 2.58 bits per heavy atom. The lowest BCUT2D eigenvalue weighted by Crippen LogP contribution is -2.14. The summed E-state index contributed by atoms with van der Waals surface area (Å²) in [6, 6.07) is 7.89. The third-order valence-corrected chi connectivity index (χ3v) is 3.84. The third-order valence-electron chi connectivity index (χ3n) is 3.84. The Labute approximate surface area is 112 Å². The SMILES string of the molecule is Nc1ccc(Cn2nnnc2C2CCCCC2)cc1. The van der Waals surface area contributed by atoms with Gasteiger partial charge in [-0.25, -0.2) is 4.68 Å². The number of tetrazole rings is 1. The van der Waals surface area contributed by atoms with Crippen molar-refractivity contribution in [2.24, 2.45) is 0 Å². The number of nitrogens with two attached hydrogens (primary N) is 1. The average Bonchev–Trinajstić information content (AvgIpc) is 2.90. The molecule has 0 bridgehead atoms. The second-order valence-corrected chi connectivity index (χ2v) is 5.27. The van der Waals surface area contributed by atoms with Crippen molar-refractivity contribution in [2.45, 2.75) is 44.6 Å². The van der Waals surface area contributed by atoms with Gasteiger partial charge in [0, 0.05) is 11.6 Å². The van der Waals surface area contributed by atoms with E-state index in [1.807, 2.05) is 28.9 Å². The molecule has 3 rings (SSSR count). The fraction of sp³-hybridized carbons (Fsp3) is 0.500. The predicted octanol–water partition coefficient (Wildman–Crippen LogP) is 2.35. The third kappa shape index (κ3) is 2.75. The van der Waals surface area contributed by atoms with Gasteiger partial charge in [0.05, 0.1) is 6.54 Å². The van der Waals surface area contributed by atoms with E-state index in [4.69, 9.17) is 5.73 Å². The lowest BCUT2D eigenvalue weighted by Gasteiger charge is -2.20. The van der Waals surface area contributed by atoms with Gasteiger partial charge in [-0.1, -0.05) is 31.4 Å². The van der Waals surface area contributed by atoms with Crippen LogP contribution in [0.25, 0.3) is 0 Å². The Morgan fingerprint density at radius 2 is 1.84 bits per heavy atom. The Balaban J connectivity index is 1.77.